The van der Waals surface area contributed by atoms with Crippen molar-refractivity contribution in [3.8, 4) is 0 Å². The molecule has 2 aromatic rings. The lowest BCUT2D eigenvalue weighted by molar-refractivity contribution is 0.560. The summed E-state index contributed by atoms with van der Waals surface area (Å²) in [5.41, 5.74) is 0. The van der Waals surface area contributed by atoms with Crippen LogP contribution in [0, 0.1) is 5.82 Å². The molecule has 0 bridgehead atoms. The molecule has 9 heteroatoms. The van der Waals surface area contributed by atoms with E-state index in [4.69, 9.17) is 0 Å². The van der Waals surface area contributed by atoms with E-state index in [0.29, 0.717) is 23.7 Å². The highest BCUT2D eigenvalue weighted by atomic mass is 32.2. The Labute approximate surface area is 113 Å². The van der Waals surface area contributed by atoms with Gasteiger partial charge in [-0.25, -0.2) is 19.0 Å². The van der Waals surface area contributed by atoms with Crippen molar-refractivity contribution in [2.45, 2.75) is 36.0 Å². The van der Waals surface area contributed by atoms with Gasteiger partial charge in [-0.2, -0.15) is 0 Å². The summed E-state index contributed by atoms with van der Waals surface area (Å²) in [5.74, 6) is -0.0751. The van der Waals surface area contributed by atoms with Gasteiger partial charge in [-0.3, -0.25) is 0 Å². The molecule has 0 saturated heterocycles. The molecule has 1 fully saturated rings. The topological polar surface area (TPSA) is 81.4 Å². The molecule has 0 radical (unpaired) electrons. The van der Waals surface area contributed by atoms with Crippen molar-refractivity contribution in [1.29, 1.82) is 0 Å². The van der Waals surface area contributed by atoms with Crippen LogP contribution >= 0.6 is 11.8 Å². The van der Waals surface area contributed by atoms with Gasteiger partial charge in [0.2, 0.25) is 11.1 Å². The lowest BCUT2D eigenvalue weighted by atomic mass is 10.6. The molecule has 2 heterocycles. The van der Waals surface area contributed by atoms with E-state index in [-0.39, 0.29) is 5.03 Å². The third-order valence-electron chi connectivity index (χ3n) is 2.59. The van der Waals surface area contributed by atoms with Gasteiger partial charge in [0.05, 0.1) is 12.2 Å². The summed E-state index contributed by atoms with van der Waals surface area (Å²) in [4.78, 5) is 7.97. The van der Waals surface area contributed by atoms with Crippen LogP contribution in [0.4, 0.5) is 10.3 Å². The van der Waals surface area contributed by atoms with Gasteiger partial charge in [-0.05, 0) is 42.0 Å². The first-order chi connectivity index (χ1) is 9.28. The molecule has 1 aliphatic rings. The normalized spacial score (nSPS) is 14.6. The lowest BCUT2D eigenvalue weighted by Gasteiger charge is -2.05. The van der Waals surface area contributed by atoms with E-state index in [1.165, 1.54) is 0 Å². The summed E-state index contributed by atoms with van der Waals surface area (Å²) in [6.45, 7) is 2.60. The molecule has 7 nitrogen and oxygen atoms in total. The van der Waals surface area contributed by atoms with Crippen molar-refractivity contribution in [3.05, 3.63) is 12.0 Å². The Morgan fingerprint density at radius 1 is 1.53 bits per heavy atom. The van der Waals surface area contributed by atoms with Crippen LogP contribution in [-0.4, -0.2) is 36.7 Å². The minimum atomic E-state index is -0.475. The fourth-order valence-electron chi connectivity index (χ4n) is 1.55. The van der Waals surface area contributed by atoms with E-state index in [0.717, 1.165) is 30.8 Å². The van der Waals surface area contributed by atoms with Crippen LogP contribution in [-0.2, 0) is 0 Å². The first kappa shape index (κ1) is 12.3. The number of tetrazole rings is 1. The van der Waals surface area contributed by atoms with Crippen molar-refractivity contribution in [2.75, 3.05) is 11.9 Å². The molecule has 0 unspecified atom stereocenters. The van der Waals surface area contributed by atoms with Crippen LogP contribution in [0.5, 0.6) is 0 Å². The fraction of sp³-hybridized carbons (Fsp3) is 0.500. The van der Waals surface area contributed by atoms with Gasteiger partial charge in [-0.1, -0.05) is 0 Å². The molecule has 1 aliphatic carbocycles. The summed E-state index contributed by atoms with van der Waals surface area (Å²) in [6.07, 6.45) is 3.28. The number of hydrogen-bond acceptors (Lipinski definition) is 7. The van der Waals surface area contributed by atoms with Crippen molar-refractivity contribution in [3.63, 3.8) is 0 Å². The molecule has 0 aromatic carbocycles. The van der Waals surface area contributed by atoms with Crippen molar-refractivity contribution < 1.29 is 4.39 Å². The smallest absolute Gasteiger partial charge is 0.223 e. The first-order valence-electron chi connectivity index (χ1n) is 6.00. The Balaban J connectivity index is 1.85. The summed E-state index contributed by atoms with van der Waals surface area (Å²) in [5, 5.41) is 15.2. The Hall–Kier alpha value is -1.77. The average Bonchev–Trinajstić information content (AvgIpc) is 3.14. The van der Waals surface area contributed by atoms with Gasteiger partial charge in [-0.15, -0.1) is 5.10 Å². The van der Waals surface area contributed by atoms with E-state index in [1.54, 1.807) is 4.68 Å². The second kappa shape index (κ2) is 5.08. The Kier molecular flexibility index (Phi) is 3.28. The number of nitrogens with one attached hydrogen (secondary N) is 1. The monoisotopic (exact) mass is 281 g/mol. The van der Waals surface area contributed by atoms with Crippen LogP contribution in [0.2, 0.25) is 0 Å². The second-order valence-electron chi connectivity index (χ2n) is 4.12. The third-order valence-corrected chi connectivity index (χ3v) is 3.52. The van der Waals surface area contributed by atoms with E-state index in [1.807, 2.05) is 6.92 Å². The van der Waals surface area contributed by atoms with E-state index in [2.05, 4.69) is 30.8 Å². The largest absolute Gasteiger partial charge is 0.354 e. The molecule has 0 spiro atoms. The Bertz CT molecular complexity index is 583. The van der Waals surface area contributed by atoms with Gasteiger partial charge in [0.15, 0.2) is 5.82 Å². The first-order valence-corrected chi connectivity index (χ1v) is 6.81. The third kappa shape index (κ3) is 2.65. The van der Waals surface area contributed by atoms with E-state index >= 15 is 0 Å². The molecule has 1 N–H and O–H groups in total. The second-order valence-corrected chi connectivity index (χ2v) is 5.07. The van der Waals surface area contributed by atoms with Crippen molar-refractivity contribution >= 4 is 17.7 Å². The van der Waals surface area contributed by atoms with Crippen LogP contribution < -0.4 is 5.32 Å². The molecule has 0 atom stereocenters. The number of anilines is 1. The highest BCUT2D eigenvalue weighted by molar-refractivity contribution is 7.99. The maximum absolute atomic E-state index is 13.7. The van der Waals surface area contributed by atoms with Crippen molar-refractivity contribution in [2.24, 2.45) is 0 Å². The lowest BCUT2D eigenvalue weighted by Crippen LogP contribution is -2.04. The molecule has 19 heavy (non-hydrogen) atoms. The molecule has 100 valence electrons. The quantitative estimate of drug-likeness (QED) is 0.832. The molecule has 3 rings (SSSR count). The highest BCUT2D eigenvalue weighted by Crippen LogP contribution is 2.38. The number of halogens is 1. The fourth-order valence-corrected chi connectivity index (χ4v) is 2.37. The van der Waals surface area contributed by atoms with Gasteiger partial charge in [0, 0.05) is 6.54 Å². The molecule has 2 aromatic heterocycles. The standard InChI is InChI=1S/C10H12FN7S/c1-2-12-9-13-5-7(11)8(14-9)19-10-15-16-17-18(10)6-3-4-6/h5-6H,2-4H2,1H3,(H,12,13,14). The van der Waals surface area contributed by atoms with Crippen LogP contribution in [0.3, 0.4) is 0 Å². The van der Waals surface area contributed by atoms with Crippen LogP contribution in [0.15, 0.2) is 16.4 Å². The average molecular weight is 281 g/mol. The molecule has 1 saturated carbocycles. The predicted octanol–water partition coefficient (Wildman–Crippen LogP) is 1.52. The Morgan fingerprint density at radius 3 is 3.11 bits per heavy atom. The summed E-state index contributed by atoms with van der Waals surface area (Å²) >= 11 is 1.12. The molecular formula is C10H12FN7S. The maximum Gasteiger partial charge on any atom is 0.223 e. The van der Waals surface area contributed by atoms with Crippen molar-refractivity contribution in [1.82, 2.24) is 30.2 Å². The maximum atomic E-state index is 13.7. The zero-order valence-electron chi connectivity index (χ0n) is 10.2. The van der Waals surface area contributed by atoms with E-state index in [9.17, 15) is 4.39 Å². The van der Waals surface area contributed by atoms with Gasteiger partial charge < -0.3 is 5.32 Å². The van der Waals surface area contributed by atoms with Gasteiger partial charge in [0.25, 0.3) is 0 Å². The summed E-state index contributed by atoms with van der Waals surface area (Å²) in [7, 11) is 0. The van der Waals surface area contributed by atoms with Crippen LogP contribution in [0.25, 0.3) is 0 Å². The molecular weight excluding hydrogens is 269 g/mol. The predicted molar refractivity (Wildman–Crippen MR) is 66.4 cm³/mol. The summed E-state index contributed by atoms with van der Waals surface area (Å²) in [6, 6.07) is 0.343. The zero-order valence-corrected chi connectivity index (χ0v) is 11.1. The highest BCUT2D eigenvalue weighted by Gasteiger charge is 2.28. The minimum Gasteiger partial charge on any atom is -0.354 e. The van der Waals surface area contributed by atoms with E-state index < -0.39 is 5.82 Å². The van der Waals surface area contributed by atoms with Gasteiger partial charge in [0.1, 0.15) is 5.03 Å². The zero-order chi connectivity index (χ0) is 13.2. The van der Waals surface area contributed by atoms with Crippen LogP contribution in [0.1, 0.15) is 25.8 Å². The summed E-state index contributed by atoms with van der Waals surface area (Å²) < 4.78 is 15.4. The minimum absolute atomic E-state index is 0.225. The number of rotatable bonds is 5. The SMILES string of the molecule is CCNc1ncc(F)c(Sc2nnnn2C2CC2)n1. The Morgan fingerprint density at radius 2 is 2.37 bits per heavy atom. The molecule has 0 amide bonds. The number of hydrogen-bond donors (Lipinski definition) is 1. The van der Waals surface area contributed by atoms with Gasteiger partial charge >= 0.3 is 0 Å². The number of aromatic nitrogens is 6. The number of nitrogens with zero attached hydrogens (tertiary/aromatic N) is 6. The molecule has 0 aliphatic heterocycles.